The molecule has 1 aliphatic rings. The van der Waals surface area contributed by atoms with Crippen molar-refractivity contribution >= 4 is 29.3 Å². The van der Waals surface area contributed by atoms with Gasteiger partial charge in [0.25, 0.3) is 11.8 Å². The minimum absolute atomic E-state index is 0.00807. The summed E-state index contributed by atoms with van der Waals surface area (Å²) in [5.74, 6) is -3.67. The second kappa shape index (κ2) is 8.14. The third kappa shape index (κ3) is 3.78. The van der Waals surface area contributed by atoms with Gasteiger partial charge in [-0.3, -0.25) is 14.4 Å². The van der Waals surface area contributed by atoms with E-state index in [1.165, 1.54) is 49.4 Å². The van der Waals surface area contributed by atoms with Gasteiger partial charge in [-0.05, 0) is 73.7 Å². The summed E-state index contributed by atoms with van der Waals surface area (Å²) in [6, 6.07) is 13.5. The van der Waals surface area contributed by atoms with Gasteiger partial charge in [0, 0.05) is 5.56 Å². The van der Waals surface area contributed by atoms with E-state index < -0.39 is 41.3 Å². The lowest BCUT2D eigenvalue weighted by molar-refractivity contribution is 0.0318. The molecule has 3 aromatic rings. The van der Waals surface area contributed by atoms with Crippen LogP contribution in [0.2, 0.25) is 0 Å². The van der Waals surface area contributed by atoms with Crippen molar-refractivity contribution in [3.8, 4) is 0 Å². The Morgan fingerprint density at radius 1 is 0.781 bits per heavy atom. The minimum Gasteiger partial charge on any atom is -0.451 e. The van der Waals surface area contributed by atoms with Crippen LogP contribution in [0.15, 0.2) is 66.7 Å². The highest BCUT2D eigenvalue weighted by Gasteiger charge is 2.37. The molecule has 2 amide bonds. The summed E-state index contributed by atoms with van der Waals surface area (Å²) in [6.45, 7) is 1.38. The second-order valence-electron chi connectivity index (χ2n) is 7.10. The maximum atomic E-state index is 13.2. The number of hydrogen-bond donors (Lipinski definition) is 0. The number of ketones is 1. The predicted molar refractivity (Wildman–Crippen MR) is 110 cm³/mol. The van der Waals surface area contributed by atoms with E-state index in [4.69, 9.17) is 4.74 Å². The number of benzene rings is 3. The summed E-state index contributed by atoms with van der Waals surface area (Å²) in [5.41, 5.74) is 0.429. The van der Waals surface area contributed by atoms with Gasteiger partial charge in [-0.2, -0.15) is 0 Å². The van der Waals surface area contributed by atoms with Crippen molar-refractivity contribution in [2.75, 3.05) is 4.90 Å². The molecular formula is C24H15F2NO5. The Hall–Kier alpha value is -4.20. The highest BCUT2D eigenvalue weighted by molar-refractivity contribution is 6.34. The highest BCUT2D eigenvalue weighted by Crippen LogP contribution is 2.29. The number of Topliss-reactive ketones (excluding diaryl/α,β-unsaturated/α-hetero) is 1. The second-order valence-corrected chi connectivity index (χ2v) is 7.10. The van der Waals surface area contributed by atoms with Gasteiger partial charge in [-0.25, -0.2) is 18.5 Å². The number of anilines is 1. The van der Waals surface area contributed by atoms with Crippen LogP contribution < -0.4 is 4.90 Å². The monoisotopic (exact) mass is 435 g/mol. The van der Waals surface area contributed by atoms with Crippen LogP contribution in [0, 0.1) is 11.6 Å². The van der Waals surface area contributed by atoms with Crippen LogP contribution in [-0.4, -0.2) is 29.7 Å². The Kier molecular flexibility index (Phi) is 5.36. The average molecular weight is 435 g/mol. The Labute approximate surface area is 181 Å². The molecule has 0 radical (unpaired) electrons. The van der Waals surface area contributed by atoms with Gasteiger partial charge in [0.2, 0.25) is 5.78 Å². The van der Waals surface area contributed by atoms with E-state index in [0.29, 0.717) is 0 Å². The molecule has 6 nitrogen and oxygen atoms in total. The van der Waals surface area contributed by atoms with Crippen LogP contribution in [0.5, 0.6) is 0 Å². The van der Waals surface area contributed by atoms with Gasteiger partial charge in [-0.1, -0.05) is 0 Å². The normalized spacial score (nSPS) is 13.7. The van der Waals surface area contributed by atoms with Crippen LogP contribution in [0.4, 0.5) is 14.5 Å². The zero-order valence-electron chi connectivity index (χ0n) is 16.7. The molecule has 8 heteroatoms. The quantitative estimate of drug-likeness (QED) is 0.341. The molecule has 0 fully saturated rings. The summed E-state index contributed by atoms with van der Waals surface area (Å²) in [5, 5.41) is 0. The van der Waals surface area contributed by atoms with Crippen molar-refractivity contribution in [1.29, 1.82) is 0 Å². The van der Waals surface area contributed by atoms with E-state index in [0.717, 1.165) is 29.2 Å². The van der Waals surface area contributed by atoms with Crippen molar-refractivity contribution in [3.05, 3.63) is 101 Å². The fourth-order valence-electron chi connectivity index (χ4n) is 3.32. The molecule has 1 aliphatic heterocycles. The van der Waals surface area contributed by atoms with Gasteiger partial charge in [0.05, 0.1) is 22.4 Å². The molecule has 1 heterocycles. The van der Waals surface area contributed by atoms with Crippen LogP contribution in [0.1, 0.15) is 48.4 Å². The van der Waals surface area contributed by atoms with Crippen LogP contribution in [-0.2, 0) is 4.74 Å². The Bertz CT molecular complexity index is 1250. The molecule has 3 aromatic carbocycles. The number of halogens is 2. The smallest absolute Gasteiger partial charge is 0.338 e. The zero-order chi connectivity index (χ0) is 23.0. The lowest BCUT2D eigenvalue weighted by Crippen LogP contribution is -2.29. The molecule has 4 rings (SSSR count). The predicted octanol–water partition coefficient (Wildman–Crippen LogP) is 4.19. The van der Waals surface area contributed by atoms with Crippen LogP contribution in [0.25, 0.3) is 0 Å². The summed E-state index contributed by atoms with van der Waals surface area (Å²) in [6.07, 6.45) is -1.16. The maximum absolute atomic E-state index is 13.2. The van der Waals surface area contributed by atoms with Crippen molar-refractivity contribution in [2.45, 2.75) is 13.0 Å². The molecule has 0 aromatic heterocycles. The molecule has 0 bridgehead atoms. The summed E-state index contributed by atoms with van der Waals surface area (Å²) in [7, 11) is 0. The Balaban J connectivity index is 1.53. The highest BCUT2D eigenvalue weighted by atomic mass is 19.1. The van der Waals surface area contributed by atoms with Crippen LogP contribution >= 0.6 is 0 Å². The maximum Gasteiger partial charge on any atom is 0.338 e. The number of imide groups is 1. The van der Waals surface area contributed by atoms with E-state index in [1.807, 2.05) is 0 Å². The number of rotatable bonds is 5. The first kappa shape index (κ1) is 21.0. The fourth-order valence-corrected chi connectivity index (χ4v) is 3.32. The third-order valence-electron chi connectivity index (χ3n) is 4.99. The lowest BCUT2D eigenvalue weighted by Gasteiger charge is -2.13. The molecule has 0 N–H and O–H groups in total. The van der Waals surface area contributed by atoms with Crippen molar-refractivity contribution in [1.82, 2.24) is 0 Å². The van der Waals surface area contributed by atoms with E-state index in [2.05, 4.69) is 0 Å². The van der Waals surface area contributed by atoms with E-state index in [9.17, 15) is 28.0 Å². The van der Waals surface area contributed by atoms with Crippen molar-refractivity contribution < 1.29 is 32.7 Å². The minimum atomic E-state index is -1.16. The first-order chi connectivity index (χ1) is 15.3. The number of nitrogens with zero attached hydrogens (tertiary/aromatic N) is 1. The van der Waals surface area contributed by atoms with Gasteiger partial charge >= 0.3 is 5.97 Å². The summed E-state index contributed by atoms with van der Waals surface area (Å²) < 4.78 is 31.4. The van der Waals surface area contributed by atoms with Gasteiger partial charge in [0.15, 0.2) is 6.10 Å². The molecule has 0 saturated carbocycles. The van der Waals surface area contributed by atoms with E-state index in [-0.39, 0.29) is 27.9 Å². The molecule has 1 atom stereocenters. The number of ether oxygens (including phenoxy) is 1. The average Bonchev–Trinajstić information content (AvgIpc) is 3.04. The van der Waals surface area contributed by atoms with Crippen LogP contribution in [0.3, 0.4) is 0 Å². The molecule has 160 valence electrons. The lowest BCUT2D eigenvalue weighted by atomic mass is 10.1. The number of esters is 1. The number of carbonyl (C=O) groups is 4. The summed E-state index contributed by atoms with van der Waals surface area (Å²) >= 11 is 0. The van der Waals surface area contributed by atoms with Gasteiger partial charge in [-0.15, -0.1) is 0 Å². The third-order valence-corrected chi connectivity index (χ3v) is 4.99. The molecule has 32 heavy (non-hydrogen) atoms. The van der Waals surface area contributed by atoms with Gasteiger partial charge in [0.1, 0.15) is 11.6 Å². The Morgan fingerprint density at radius 2 is 1.31 bits per heavy atom. The van der Waals surface area contributed by atoms with Crippen molar-refractivity contribution in [3.63, 3.8) is 0 Å². The topological polar surface area (TPSA) is 80.8 Å². The van der Waals surface area contributed by atoms with E-state index in [1.54, 1.807) is 0 Å². The number of amides is 2. The first-order valence-electron chi connectivity index (χ1n) is 9.55. The molecule has 0 saturated heterocycles. The zero-order valence-corrected chi connectivity index (χ0v) is 16.7. The molecule has 0 aliphatic carbocycles. The first-order valence-corrected chi connectivity index (χ1v) is 9.55. The van der Waals surface area contributed by atoms with Crippen molar-refractivity contribution in [2.24, 2.45) is 0 Å². The molecular weight excluding hydrogens is 420 g/mol. The fraction of sp³-hybridized carbons (Fsp3) is 0.0833. The summed E-state index contributed by atoms with van der Waals surface area (Å²) in [4.78, 5) is 51.3. The number of hydrogen-bond acceptors (Lipinski definition) is 5. The number of carbonyl (C=O) groups excluding carboxylic acids is 4. The van der Waals surface area contributed by atoms with Gasteiger partial charge < -0.3 is 4.74 Å². The Morgan fingerprint density at radius 3 is 1.94 bits per heavy atom. The standard InChI is InChI=1S/C24H15F2NO5/c1-13(21(28)14-2-5-16(25)6-3-14)32-24(31)15-4-11-19-20(12-15)23(30)27(22(19)29)18-9-7-17(26)8-10-18/h2-13H,1H3. The largest absolute Gasteiger partial charge is 0.451 e. The SMILES string of the molecule is CC(OC(=O)c1ccc2c(c1)C(=O)N(c1ccc(F)cc1)C2=O)C(=O)c1ccc(F)cc1. The molecule has 0 spiro atoms. The molecule has 1 unspecified atom stereocenters. The number of fused-ring (bicyclic) bond motifs is 1. The van der Waals surface area contributed by atoms with E-state index >= 15 is 0 Å².